The van der Waals surface area contributed by atoms with Gasteiger partial charge in [-0.15, -0.1) is 6.58 Å². The van der Waals surface area contributed by atoms with Crippen molar-refractivity contribution < 1.29 is 33.3 Å². The first-order valence-corrected chi connectivity index (χ1v) is 10.5. The fourth-order valence-electron chi connectivity index (χ4n) is 3.04. The van der Waals surface area contributed by atoms with Crippen LogP contribution in [0, 0.1) is 5.92 Å². The molecule has 176 valence electrons. The normalized spacial score (nSPS) is 13.2. The molecule has 0 unspecified atom stereocenters. The smallest absolute Gasteiger partial charge is 0.309 e. The number of para-hydroxylation sites is 1. The van der Waals surface area contributed by atoms with E-state index >= 15 is 0 Å². The van der Waals surface area contributed by atoms with Crippen LogP contribution in [0.5, 0.6) is 17.2 Å². The summed E-state index contributed by atoms with van der Waals surface area (Å²) in [6.45, 7) is 8.25. The van der Waals surface area contributed by atoms with E-state index in [1.165, 1.54) is 26.3 Å². The molecule has 0 spiro atoms. The second kappa shape index (κ2) is 12.4. The van der Waals surface area contributed by atoms with Gasteiger partial charge in [-0.1, -0.05) is 31.2 Å². The van der Waals surface area contributed by atoms with E-state index in [1.54, 1.807) is 19.9 Å². The van der Waals surface area contributed by atoms with Crippen LogP contribution in [0.25, 0.3) is 0 Å². The van der Waals surface area contributed by atoms with Crippen molar-refractivity contribution in [2.24, 2.45) is 5.92 Å². The predicted octanol–water partition coefficient (Wildman–Crippen LogP) is 4.18. The number of rotatable bonds is 12. The molecule has 0 saturated heterocycles. The predicted molar refractivity (Wildman–Crippen MR) is 121 cm³/mol. The van der Waals surface area contributed by atoms with Crippen molar-refractivity contribution in [1.29, 1.82) is 0 Å². The molecule has 0 radical (unpaired) electrons. The van der Waals surface area contributed by atoms with Crippen LogP contribution >= 0.6 is 0 Å². The average molecular weight is 456 g/mol. The maximum absolute atomic E-state index is 12.8. The third kappa shape index (κ3) is 7.45. The van der Waals surface area contributed by atoms with Crippen molar-refractivity contribution in [3.8, 4) is 17.2 Å². The summed E-state index contributed by atoms with van der Waals surface area (Å²) in [6.07, 6.45) is 2.31. The minimum Gasteiger partial charge on any atom is -0.493 e. The van der Waals surface area contributed by atoms with E-state index in [1.807, 2.05) is 30.3 Å². The van der Waals surface area contributed by atoms with Gasteiger partial charge < -0.3 is 18.9 Å². The molecule has 1 heterocycles. The van der Waals surface area contributed by atoms with Crippen LogP contribution < -0.4 is 14.2 Å². The highest BCUT2D eigenvalue weighted by Gasteiger charge is 2.28. The Morgan fingerprint density at radius 3 is 2.42 bits per heavy atom. The number of methoxy groups -OCH3 is 1. The van der Waals surface area contributed by atoms with Crippen molar-refractivity contribution in [3.63, 3.8) is 0 Å². The minimum absolute atomic E-state index is 0.0752. The number of esters is 2. The molecular formula is C25H29NO7. The zero-order chi connectivity index (χ0) is 24.4. The molecule has 1 aromatic carbocycles. The molecular weight excluding hydrogens is 426 g/mol. The highest BCUT2D eigenvalue weighted by atomic mass is 16.6. The van der Waals surface area contributed by atoms with E-state index in [0.29, 0.717) is 12.2 Å². The van der Waals surface area contributed by atoms with Crippen molar-refractivity contribution in [3.05, 3.63) is 60.9 Å². The summed E-state index contributed by atoms with van der Waals surface area (Å²) in [5.74, 6) is -1.66. The highest BCUT2D eigenvalue weighted by molar-refractivity contribution is 5.99. The number of ketones is 1. The quantitative estimate of drug-likeness (QED) is 0.267. The van der Waals surface area contributed by atoms with Crippen LogP contribution in [0.1, 0.15) is 44.1 Å². The lowest BCUT2D eigenvalue weighted by molar-refractivity contribution is -0.157. The Bertz CT molecular complexity index is 974. The van der Waals surface area contributed by atoms with Crippen LogP contribution in [-0.2, 0) is 14.3 Å². The number of Topliss-reactive ketones (excluding diaryl/α,β-unsaturated/α-hetero) is 1. The van der Waals surface area contributed by atoms with Gasteiger partial charge in [0.2, 0.25) is 5.75 Å². The third-order valence-electron chi connectivity index (χ3n) is 4.75. The molecule has 0 bridgehead atoms. The van der Waals surface area contributed by atoms with E-state index in [9.17, 15) is 14.4 Å². The highest BCUT2D eigenvalue weighted by Crippen LogP contribution is 2.31. The van der Waals surface area contributed by atoms with Gasteiger partial charge in [-0.2, -0.15) is 0 Å². The van der Waals surface area contributed by atoms with Gasteiger partial charge in [0.15, 0.2) is 17.2 Å². The van der Waals surface area contributed by atoms with Gasteiger partial charge in [0.1, 0.15) is 18.0 Å². The molecule has 8 nitrogen and oxygen atoms in total. The zero-order valence-electron chi connectivity index (χ0n) is 19.3. The lowest BCUT2D eigenvalue weighted by atomic mass is 10.0. The number of pyridine rings is 1. The molecule has 0 N–H and O–H groups in total. The molecule has 0 aliphatic rings. The van der Waals surface area contributed by atoms with E-state index < -0.39 is 35.8 Å². The molecule has 2 aromatic rings. The Morgan fingerprint density at radius 1 is 1.12 bits per heavy atom. The molecule has 33 heavy (non-hydrogen) atoms. The van der Waals surface area contributed by atoms with Crippen LogP contribution in [0.2, 0.25) is 0 Å². The van der Waals surface area contributed by atoms with Gasteiger partial charge in [0, 0.05) is 32.0 Å². The molecule has 0 aliphatic heterocycles. The number of benzene rings is 1. The second-order valence-electron chi connectivity index (χ2n) is 7.45. The first-order chi connectivity index (χ1) is 15.8. The van der Waals surface area contributed by atoms with Crippen LogP contribution in [0.4, 0.5) is 0 Å². The van der Waals surface area contributed by atoms with E-state index in [0.717, 1.165) is 0 Å². The van der Waals surface area contributed by atoms with Crippen molar-refractivity contribution >= 4 is 17.7 Å². The number of carbonyl (C=O) groups is 3. The van der Waals surface area contributed by atoms with E-state index in [-0.39, 0.29) is 23.6 Å². The lowest BCUT2D eigenvalue weighted by Crippen LogP contribution is -2.35. The standard InChI is InChI=1S/C25H29NO7/c1-6-10-21(33-19-11-8-7-9-12-19)17(3)31-25(29)16(2)15-20(28)23-24(32-18(4)27)22(30-5)13-14-26-23/h6-9,11-14,16-17,21H,1,10,15H2,2-5H3/t16-,17+,21-/m1/s1. The molecule has 8 heteroatoms. The number of hydrogen-bond donors (Lipinski definition) is 0. The van der Waals surface area contributed by atoms with Gasteiger partial charge in [0.05, 0.1) is 13.0 Å². The fraction of sp³-hybridized carbons (Fsp3) is 0.360. The Labute approximate surface area is 193 Å². The van der Waals surface area contributed by atoms with Gasteiger partial charge in [0.25, 0.3) is 0 Å². The Balaban J connectivity index is 2.06. The number of ether oxygens (including phenoxy) is 4. The van der Waals surface area contributed by atoms with E-state index in [2.05, 4.69) is 11.6 Å². The number of aromatic nitrogens is 1. The molecule has 0 fully saturated rings. The SMILES string of the molecule is C=CC[C@@H](Oc1ccccc1)[C@H](C)OC(=O)[C@H](C)CC(=O)c1nccc(OC)c1OC(C)=O. The maximum Gasteiger partial charge on any atom is 0.309 e. The molecule has 0 aliphatic carbocycles. The van der Waals surface area contributed by atoms with Crippen molar-refractivity contribution in [2.45, 2.75) is 45.8 Å². The van der Waals surface area contributed by atoms with Crippen LogP contribution in [0.3, 0.4) is 0 Å². The molecule has 2 rings (SSSR count). The summed E-state index contributed by atoms with van der Waals surface area (Å²) in [5, 5.41) is 0. The largest absolute Gasteiger partial charge is 0.493 e. The zero-order valence-corrected chi connectivity index (χ0v) is 19.3. The summed E-state index contributed by atoms with van der Waals surface area (Å²) in [4.78, 5) is 41.0. The Morgan fingerprint density at radius 2 is 1.82 bits per heavy atom. The number of carbonyl (C=O) groups excluding carboxylic acids is 3. The topological polar surface area (TPSA) is 101 Å². The lowest BCUT2D eigenvalue weighted by Gasteiger charge is -2.25. The molecule has 0 saturated carbocycles. The molecule has 1 aromatic heterocycles. The number of hydrogen-bond acceptors (Lipinski definition) is 8. The van der Waals surface area contributed by atoms with Gasteiger partial charge >= 0.3 is 11.9 Å². The second-order valence-corrected chi connectivity index (χ2v) is 7.45. The monoisotopic (exact) mass is 455 g/mol. The third-order valence-corrected chi connectivity index (χ3v) is 4.75. The van der Waals surface area contributed by atoms with Crippen LogP contribution in [0.15, 0.2) is 55.3 Å². The van der Waals surface area contributed by atoms with Crippen molar-refractivity contribution in [1.82, 2.24) is 4.98 Å². The fourth-order valence-corrected chi connectivity index (χ4v) is 3.04. The van der Waals surface area contributed by atoms with E-state index in [4.69, 9.17) is 18.9 Å². The van der Waals surface area contributed by atoms with Gasteiger partial charge in [-0.05, 0) is 19.1 Å². The minimum atomic E-state index is -0.765. The van der Waals surface area contributed by atoms with Crippen LogP contribution in [-0.4, -0.2) is 42.0 Å². The first-order valence-electron chi connectivity index (χ1n) is 10.5. The van der Waals surface area contributed by atoms with Gasteiger partial charge in [-0.25, -0.2) is 4.98 Å². The van der Waals surface area contributed by atoms with Gasteiger partial charge in [-0.3, -0.25) is 14.4 Å². The summed E-state index contributed by atoms with van der Waals surface area (Å²) in [7, 11) is 1.38. The Kier molecular flexibility index (Phi) is 9.60. The van der Waals surface area contributed by atoms with Crippen molar-refractivity contribution in [2.75, 3.05) is 7.11 Å². The summed E-state index contributed by atoms with van der Waals surface area (Å²) >= 11 is 0. The first kappa shape index (κ1) is 25.6. The molecule has 0 amide bonds. The maximum atomic E-state index is 12.8. The summed E-state index contributed by atoms with van der Waals surface area (Å²) in [5.41, 5.74) is -0.0887. The Hall–Kier alpha value is -3.68. The summed E-state index contributed by atoms with van der Waals surface area (Å²) in [6, 6.07) is 10.7. The number of nitrogens with zero attached hydrogens (tertiary/aromatic N) is 1. The average Bonchev–Trinajstić information content (AvgIpc) is 2.79. The molecule has 3 atom stereocenters. The summed E-state index contributed by atoms with van der Waals surface area (Å²) < 4.78 is 21.8.